The summed E-state index contributed by atoms with van der Waals surface area (Å²) >= 11 is 0. The lowest BCUT2D eigenvalue weighted by Gasteiger charge is -2.27. The molecule has 0 radical (unpaired) electrons. The van der Waals surface area contributed by atoms with Gasteiger partial charge in [-0.2, -0.15) is 0 Å². The second-order valence-corrected chi connectivity index (χ2v) is 3.59. The van der Waals surface area contributed by atoms with Crippen molar-refractivity contribution in [2.24, 2.45) is 11.0 Å². The van der Waals surface area contributed by atoms with Gasteiger partial charge in [0.2, 0.25) is 0 Å². The van der Waals surface area contributed by atoms with Crippen LogP contribution in [0.15, 0.2) is 5.11 Å². The molecule has 7 nitrogen and oxygen atoms in total. The maximum absolute atomic E-state index is 9.29. The molecule has 0 saturated carbocycles. The molecule has 0 fully saturated rings. The van der Waals surface area contributed by atoms with Crippen LogP contribution in [0.25, 0.3) is 10.4 Å². The molecule has 0 aliphatic carbocycles. The fraction of sp³-hybridized carbons (Fsp3) is 1.00. The van der Waals surface area contributed by atoms with Gasteiger partial charge in [-0.25, -0.2) is 0 Å². The number of hydrogen-bond acceptors (Lipinski definition) is 5. The van der Waals surface area contributed by atoms with E-state index in [9.17, 15) is 5.11 Å². The molecule has 0 spiro atoms. The number of hydrogen-bond donors (Lipinski definition) is 2. The van der Waals surface area contributed by atoms with E-state index in [4.69, 9.17) is 20.1 Å². The highest BCUT2D eigenvalue weighted by Gasteiger charge is 2.24. The summed E-state index contributed by atoms with van der Waals surface area (Å²) in [6.45, 7) is 3.24. The molecule has 0 heterocycles. The fourth-order valence-corrected chi connectivity index (χ4v) is 1.15. The van der Waals surface area contributed by atoms with E-state index >= 15 is 0 Å². The zero-order valence-corrected chi connectivity index (χ0v) is 9.78. The standard InChI is InChI=1S/C9H19N3O4/c1-6(4-11-12-10)9(15-3)16-8(5-13)7(2)14/h6-9,13-14H,4-5H2,1-3H3/t6-,7-,8?,9?/m0/s1. The largest absolute Gasteiger partial charge is 0.394 e. The van der Waals surface area contributed by atoms with E-state index < -0.39 is 18.5 Å². The third-order valence-electron chi connectivity index (χ3n) is 2.16. The number of rotatable bonds is 8. The number of ether oxygens (including phenoxy) is 2. The molecule has 7 heteroatoms. The van der Waals surface area contributed by atoms with Crippen LogP contribution in [0.2, 0.25) is 0 Å². The summed E-state index contributed by atoms with van der Waals surface area (Å²) in [5.41, 5.74) is 8.18. The minimum atomic E-state index is -0.797. The van der Waals surface area contributed by atoms with E-state index in [1.807, 2.05) is 0 Å². The van der Waals surface area contributed by atoms with E-state index in [1.54, 1.807) is 6.92 Å². The maximum Gasteiger partial charge on any atom is 0.160 e. The summed E-state index contributed by atoms with van der Waals surface area (Å²) in [5, 5.41) is 21.7. The Hall–Kier alpha value is -0.850. The van der Waals surface area contributed by atoms with Crippen molar-refractivity contribution in [1.29, 1.82) is 0 Å². The zero-order valence-electron chi connectivity index (χ0n) is 9.78. The highest BCUT2D eigenvalue weighted by atomic mass is 16.7. The molecular formula is C9H19N3O4. The molecule has 0 aromatic carbocycles. The van der Waals surface area contributed by atoms with E-state index in [0.717, 1.165) is 0 Å². The van der Waals surface area contributed by atoms with E-state index in [2.05, 4.69) is 10.0 Å². The Balaban J connectivity index is 4.30. The fourth-order valence-electron chi connectivity index (χ4n) is 1.15. The van der Waals surface area contributed by atoms with Crippen molar-refractivity contribution in [2.75, 3.05) is 20.3 Å². The molecule has 2 N–H and O–H groups in total. The summed E-state index contributed by atoms with van der Waals surface area (Å²) in [4.78, 5) is 2.64. The van der Waals surface area contributed by atoms with Crippen LogP contribution in [0.5, 0.6) is 0 Å². The monoisotopic (exact) mass is 233 g/mol. The molecule has 0 rings (SSSR count). The van der Waals surface area contributed by atoms with Crippen LogP contribution in [0.3, 0.4) is 0 Å². The molecule has 16 heavy (non-hydrogen) atoms. The summed E-state index contributed by atoms with van der Waals surface area (Å²) < 4.78 is 10.4. The first kappa shape index (κ1) is 15.2. The van der Waals surface area contributed by atoms with Gasteiger partial charge in [-0.1, -0.05) is 12.0 Å². The van der Waals surface area contributed by atoms with Gasteiger partial charge in [0.1, 0.15) is 6.10 Å². The minimum Gasteiger partial charge on any atom is -0.394 e. The second kappa shape index (κ2) is 8.32. The number of aliphatic hydroxyl groups excluding tert-OH is 2. The van der Waals surface area contributed by atoms with Crippen LogP contribution in [-0.4, -0.2) is 49.0 Å². The van der Waals surface area contributed by atoms with Crippen molar-refractivity contribution in [3.05, 3.63) is 10.4 Å². The average Bonchev–Trinajstić information content (AvgIpc) is 2.27. The van der Waals surface area contributed by atoms with Crippen LogP contribution in [-0.2, 0) is 9.47 Å². The lowest BCUT2D eigenvalue weighted by molar-refractivity contribution is -0.205. The summed E-state index contributed by atoms with van der Waals surface area (Å²) in [6, 6.07) is 0. The molecule has 0 bridgehead atoms. The van der Waals surface area contributed by atoms with Gasteiger partial charge in [0.05, 0.1) is 12.7 Å². The van der Waals surface area contributed by atoms with Gasteiger partial charge in [0, 0.05) is 24.5 Å². The summed E-state index contributed by atoms with van der Waals surface area (Å²) in [7, 11) is 1.45. The molecule has 0 aliphatic heterocycles. The maximum atomic E-state index is 9.29. The Bertz CT molecular complexity index is 231. The third-order valence-corrected chi connectivity index (χ3v) is 2.16. The van der Waals surface area contributed by atoms with Gasteiger partial charge < -0.3 is 19.7 Å². The molecule has 94 valence electrons. The van der Waals surface area contributed by atoms with Gasteiger partial charge in [-0.15, -0.1) is 0 Å². The topological polar surface area (TPSA) is 108 Å². The zero-order chi connectivity index (χ0) is 12.6. The van der Waals surface area contributed by atoms with Gasteiger partial charge in [0.15, 0.2) is 6.29 Å². The lowest BCUT2D eigenvalue weighted by atomic mass is 10.1. The smallest absolute Gasteiger partial charge is 0.160 e. The number of aliphatic hydroxyl groups is 2. The lowest BCUT2D eigenvalue weighted by Crippen LogP contribution is -2.38. The quantitative estimate of drug-likeness (QED) is 0.278. The summed E-state index contributed by atoms with van der Waals surface area (Å²) in [6.07, 6.45) is -2.13. The van der Waals surface area contributed by atoms with Gasteiger partial charge >= 0.3 is 0 Å². The first-order chi connectivity index (χ1) is 7.56. The summed E-state index contributed by atoms with van der Waals surface area (Å²) in [5.74, 6) is -0.159. The van der Waals surface area contributed by atoms with Crippen molar-refractivity contribution < 1.29 is 19.7 Å². The minimum absolute atomic E-state index is 0.159. The molecule has 2 unspecified atom stereocenters. The van der Waals surface area contributed by atoms with Gasteiger partial charge in [-0.3, -0.25) is 0 Å². The van der Waals surface area contributed by atoms with Gasteiger partial charge in [0.25, 0.3) is 0 Å². The van der Waals surface area contributed by atoms with Crippen LogP contribution in [0.4, 0.5) is 0 Å². The van der Waals surface area contributed by atoms with Crippen LogP contribution < -0.4 is 0 Å². The van der Waals surface area contributed by atoms with Crippen molar-refractivity contribution in [3.8, 4) is 0 Å². The van der Waals surface area contributed by atoms with E-state index in [-0.39, 0.29) is 19.1 Å². The van der Waals surface area contributed by atoms with E-state index in [1.165, 1.54) is 14.0 Å². The number of azide groups is 1. The predicted molar refractivity (Wildman–Crippen MR) is 57.6 cm³/mol. The first-order valence-corrected chi connectivity index (χ1v) is 5.04. The SMILES string of the molecule is COC(OC(CO)[C@H](C)O)[C@@H](C)CN=[N+]=[N-]. The molecule has 4 atom stereocenters. The third kappa shape index (κ3) is 5.29. The molecule has 0 saturated heterocycles. The first-order valence-electron chi connectivity index (χ1n) is 5.04. The van der Waals surface area contributed by atoms with Crippen LogP contribution >= 0.6 is 0 Å². The normalized spacial score (nSPS) is 18.3. The van der Waals surface area contributed by atoms with Crippen molar-refractivity contribution in [3.63, 3.8) is 0 Å². The molecular weight excluding hydrogens is 214 g/mol. The molecule has 0 aromatic heterocycles. The van der Waals surface area contributed by atoms with Crippen molar-refractivity contribution in [2.45, 2.75) is 32.3 Å². The Morgan fingerprint density at radius 3 is 2.44 bits per heavy atom. The molecule has 0 aromatic rings. The molecule has 0 aliphatic rings. The molecule has 0 amide bonds. The van der Waals surface area contributed by atoms with Crippen molar-refractivity contribution in [1.82, 2.24) is 0 Å². The van der Waals surface area contributed by atoms with Crippen LogP contribution in [0.1, 0.15) is 13.8 Å². The van der Waals surface area contributed by atoms with Crippen molar-refractivity contribution >= 4 is 0 Å². The average molecular weight is 233 g/mol. The Morgan fingerprint density at radius 1 is 1.44 bits per heavy atom. The Morgan fingerprint density at radius 2 is 2.06 bits per heavy atom. The number of nitrogens with zero attached hydrogens (tertiary/aromatic N) is 3. The number of methoxy groups -OCH3 is 1. The van der Waals surface area contributed by atoms with E-state index in [0.29, 0.717) is 0 Å². The second-order valence-electron chi connectivity index (χ2n) is 3.59. The highest BCUT2D eigenvalue weighted by molar-refractivity contribution is 4.68. The van der Waals surface area contributed by atoms with Crippen LogP contribution in [0, 0.1) is 5.92 Å². The Labute approximate surface area is 94.6 Å². The van der Waals surface area contributed by atoms with Gasteiger partial charge in [-0.05, 0) is 12.5 Å². The Kier molecular flexibility index (Phi) is 7.88. The highest BCUT2D eigenvalue weighted by Crippen LogP contribution is 2.13. The predicted octanol–water partition coefficient (Wildman–Crippen LogP) is 0.664.